The highest BCUT2D eigenvalue weighted by Crippen LogP contribution is 2.16. The monoisotopic (exact) mass is 272 g/mol. The molecular formula is C10H17BN2O4S. The van der Waals surface area contributed by atoms with Crippen LogP contribution in [0.1, 0.15) is 19.4 Å². The summed E-state index contributed by atoms with van der Waals surface area (Å²) in [5.74, 6) is 0.522. The zero-order chi connectivity index (χ0) is 14.0. The first-order valence-corrected chi connectivity index (χ1v) is 6.52. The Labute approximate surface area is 111 Å². The maximum atomic E-state index is 10.5. The van der Waals surface area contributed by atoms with Gasteiger partial charge in [-0.2, -0.15) is 0 Å². The standard InChI is InChI=1S/C8H11BN2O4S.C2H6/c12-9(13)6-10-16-5-7-2-1-3-8(4-7)11(14)15;1-2/h1-4,10,12-13H,5-6H2;1-2H3. The van der Waals surface area contributed by atoms with Gasteiger partial charge in [0.1, 0.15) is 0 Å². The van der Waals surface area contributed by atoms with Gasteiger partial charge in [0, 0.05) is 24.3 Å². The van der Waals surface area contributed by atoms with Crippen molar-refractivity contribution in [3.8, 4) is 0 Å². The lowest BCUT2D eigenvalue weighted by molar-refractivity contribution is -0.384. The lowest BCUT2D eigenvalue weighted by atomic mass is 9.94. The molecule has 0 bridgehead atoms. The van der Waals surface area contributed by atoms with Crippen LogP contribution in [0.3, 0.4) is 0 Å². The van der Waals surface area contributed by atoms with Gasteiger partial charge in [0.25, 0.3) is 5.69 Å². The fraction of sp³-hybridized carbons (Fsp3) is 0.400. The van der Waals surface area contributed by atoms with Crippen LogP contribution < -0.4 is 4.72 Å². The first-order valence-electron chi connectivity index (χ1n) is 5.53. The summed E-state index contributed by atoms with van der Waals surface area (Å²) < 4.78 is 2.73. The Balaban J connectivity index is 0.00000137. The molecule has 6 nitrogen and oxygen atoms in total. The summed E-state index contributed by atoms with van der Waals surface area (Å²) in [5.41, 5.74) is 0.861. The zero-order valence-electron chi connectivity index (χ0n) is 10.4. The molecule has 0 fully saturated rings. The van der Waals surface area contributed by atoms with Crippen molar-refractivity contribution in [1.29, 1.82) is 0 Å². The molecule has 1 rings (SSSR count). The summed E-state index contributed by atoms with van der Waals surface area (Å²) in [6.07, 6.45) is 0.0552. The molecule has 0 heterocycles. The second-order valence-electron chi connectivity index (χ2n) is 3.04. The van der Waals surface area contributed by atoms with E-state index >= 15 is 0 Å². The molecule has 0 saturated heterocycles. The number of benzene rings is 1. The highest BCUT2D eigenvalue weighted by Gasteiger charge is 2.07. The van der Waals surface area contributed by atoms with Gasteiger partial charge in [-0.05, 0) is 5.56 Å². The van der Waals surface area contributed by atoms with Crippen LogP contribution in [-0.4, -0.2) is 28.5 Å². The van der Waals surface area contributed by atoms with Crippen molar-refractivity contribution in [3.63, 3.8) is 0 Å². The van der Waals surface area contributed by atoms with Gasteiger partial charge in [-0.1, -0.05) is 37.9 Å². The summed E-state index contributed by atoms with van der Waals surface area (Å²) in [5, 5.41) is 27.6. The topological polar surface area (TPSA) is 95.6 Å². The number of nitro groups is 1. The van der Waals surface area contributed by atoms with Gasteiger partial charge in [0.15, 0.2) is 0 Å². The van der Waals surface area contributed by atoms with E-state index in [4.69, 9.17) is 10.0 Å². The third-order valence-electron chi connectivity index (χ3n) is 1.73. The fourth-order valence-corrected chi connectivity index (χ4v) is 1.74. The molecule has 3 N–H and O–H groups in total. The number of nitrogens with zero attached hydrogens (tertiary/aromatic N) is 1. The molecule has 0 aliphatic heterocycles. The first-order chi connectivity index (χ1) is 8.59. The van der Waals surface area contributed by atoms with E-state index in [1.165, 1.54) is 24.1 Å². The predicted molar refractivity (Wildman–Crippen MR) is 73.9 cm³/mol. The number of nitro benzene ring substituents is 1. The summed E-state index contributed by atoms with van der Waals surface area (Å²) in [4.78, 5) is 10.0. The third-order valence-corrected chi connectivity index (χ3v) is 2.58. The van der Waals surface area contributed by atoms with E-state index in [0.29, 0.717) is 5.75 Å². The highest BCUT2D eigenvalue weighted by atomic mass is 32.2. The molecule has 1 aromatic rings. The zero-order valence-corrected chi connectivity index (χ0v) is 11.2. The van der Waals surface area contributed by atoms with Crippen molar-refractivity contribution >= 4 is 24.8 Å². The largest absolute Gasteiger partial charge is 0.467 e. The Morgan fingerprint density at radius 1 is 1.44 bits per heavy atom. The Hall–Kier alpha value is -1.09. The Kier molecular flexibility index (Phi) is 9.30. The Morgan fingerprint density at radius 2 is 2.11 bits per heavy atom. The van der Waals surface area contributed by atoms with E-state index < -0.39 is 12.0 Å². The maximum absolute atomic E-state index is 10.5. The van der Waals surface area contributed by atoms with Crippen LogP contribution in [0.4, 0.5) is 5.69 Å². The SMILES string of the molecule is CC.O=[N+]([O-])c1cccc(CSNCB(O)O)c1. The van der Waals surface area contributed by atoms with Crippen molar-refractivity contribution in [3.05, 3.63) is 39.9 Å². The molecule has 0 spiro atoms. The van der Waals surface area contributed by atoms with Crippen LogP contribution in [0.5, 0.6) is 0 Å². The molecular weight excluding hydrogens is 255 g/mol. The van der Waals surface area contributed by atoms with Crippen molar-refractivity contribution in [1.82, 2.24) is 4.72 Å². The summed E-state index contributed by atoms with van der Waals surface area (Å²) in [6, 6.07) is 6.31. The van der Waals surface area contributed by atoms with Gasteiger partial charge in [-0.25, -0.2) is 0 Å². The summed E-state index contributed by atoms with van der Waals surface area (Å²) in [7, 11) is -1.39. The molecule has 0 unspecified atom stereocenters. The van der Waals surface area contributed by atoms with Crippen LogP contribution in [0.25, 0.3) is 0 Å². The minimum Gasteiger partial charge on any atom is -0.426 e. The van der Waals surface area contributed by atoms with Crippen LogP contribution in [0, 0.1) is 10.1 Å². The van der Waals surface area contributed by atoms with Gasteiger partial charge in [0.05, 0.1) is 4.92 Å². The molecule has 18 heavy (non-hydrogen) atoms. The molecule has 0 aromatic heterocycles. The predicted octanol–water partition coefficient (Wildman–Crippen LogP) is 1.37. The minimum absolute atomic E-state index is 0.0552. The number of hydrogen-bond donors (Lipinski definition) is 3. The molecule has 1 aromatic carbocycles. The molecule has 100 valence electrons. The Bertz CT molecular complexity index is 365. The van der Waals surface area contributed by atoms with Crippen LogP contribution in [0.2, 0.25) is 0 Å². The molecule has 0 atom stereocenters. The van der Waals surface area contributed by atoms with E-state index in [2.05, 4.69) is 4.72 Å². The molecule has 0 saturated carbocycles. The van der Waals surface area contributed by atoms with E-state index in [-0.39, 0.29) is 12.1 Å². The van der Waals surface area contributed by atoms with E-state index in [1.807, 2.05) is 13.8 Å². The van der Waals surface area contributed by atoms with Crippen LogP contribution in [0.15, 0.2) is 24.3 Å². The van der Waals surface area contributed by atoms with E-state index in [0.717, 1.165) is 5.56 Å². The highest BCUT2D eigenvalue weighted by molar-refractivity contribution is 7.96. The van der Waals surface area contributed by atoms with Gasteiger partial charge in [0.2, 0.25) is 0 Å². The summed E-state index contributed by atoms with van der Waals surface area (Å²) in [6.45, 7) is 4.00. The lowest BCUT2D eigenvalue weighted by Crippen LogP contribution is -2.26. The van der Waals surface area contributed by atoms with Crippen molar-refractivity contribution in [2.24, 2.45) is 0 Å². The molecule has 0 amide bonds. The normalized spacial score (nSPS) is 9.33. The van der Waals surface area contributed by atoms with Crippen molar-refractivity contribution in [2.45, 2.75) is 19.6 Å². The van der Waals surface area contributed by atoms with Gasteiger partial charge < -0.3 is 10.0 Å². The number of rotatable bonds is 6. The van der Waals surface area contributed by atoms with Crippen LogP contribution >= 0.6 is 11.9 Å². The average Bonchev–Trinajstić information content (AvgIpc) is 2.37. The first kappa shape index (κ1) is 16.9. The Morgan fingerprint density at radius 3 is 2.67 bits per heavy atom. The molecule has 8 heteroatoms. The second-order valence-corrected chi connectivity index (χ2v) is 3.91. The third kappa shape index (κ3) is 7.28. The van der Waals surface area contributed by atoms with E-state index in [1.54, 1.807) is 12.1 Å². The average molecular weight is 272 g/mol. The number of nitrogens with one attached hydrogen (secondary N) is 1. The number of non-ortho nitro benzene ring substituents is 1. The van der Waals surface area contributed by atoms with Crippen molar-refractivity contribution < 1.29 is 15.0 Å². The van der Waals surface area contributed by atoms with Gasteiger partial charge >= 0.3 is 7.12 Å². The van der Waals surface area contributed by atoms with Gasteiger partial charge in [-0.15, -0.1) is 0 Å². The fourth-order valence-electron chi connectivity index (χ4n) is 1.03. The molecule has 0 radical (unpaired) electrons. The summed E-state index contributed by atoms with van der Waals surface area (Å²) >= 11 is 1.26. The smallest absolute Gasteiger partial charge is 0.426 e. The van der Waals surface area contributed by atoms with Crippen LogP contribution in [-0.2, 0) is 5.75 Å². The van der Waals surface area contributed by atoms with Gasteiger partial charge in [-0.3, -0.25) is 14.8 Å². The minimum atomic E-state index is -1.39. The van der Waals surface area contributed by atoms with Crippen molar-refractivity contribution in [2.75, 3.05) is 6.44 Å². The number of hydrogen-bond acceptors (Lipinski definition) is 6. The second kappa shape index (κ2) is 9.90. The maximum Gasteiger partial charge on any atom is 0.467 e. The quantitative estimate of drug-likeness (QED) is 0.238. The van der Waals surface area contributed by atoms with E-state index in [9.17, 15) is 10.1 Å². The molecule has 0 aliphatic rings. The molecule has 0 aliphatic carbocycles. The lowest BCUT2D eigenvalue weighted by Gasteiger charge is -2.03.